The first-order valence-corrected chi connectivity index (χ1v) is 5.30. The van der Waals surface area contributed by atoms with E-state index in [0.717, 1.165) is 26.3 Å². The van der Waals surface area contributed by atoms with Crippen molar-refractivity contribution in [1.29, 1.82) is 0 Å². The zero-order valence-electron chi connectivity index (χ0n) is 8.44. The number of rotatable bonds is 4. The molecule has 0 aromatic rings. The third kappa shape index (κ3) is 2.93. The summed E-state index contributed by atoms with van der Waals surface area (Å²) in [5.74, 6) is 0. The lowest BCUT2D eigenvalue weighted by molar-refractivity contribution is 0.0764. The van der Waals surface area contributed by atoms with Gasteiger partial charge in [0, 0.05) is 25.7 Å². The van der Waals surface area contributed by atoms with Crippen LogP contribution in [0.2, 0.25) is 0 Å². The van der Waals surface area contributed by atoms with Crippen LogP contribution in [-0.4, -0.2) is 38.9 Å². The van der Waals surface area contributed by atoms with Gasteiger partial charge in [-0.05, 0) is 18.3 Å². The maximum Gasteiger partial charge on any atom is 0.0632 e. The van der Waals surface area contributed by atoms with Gasteiger partial charge in [0.2, 0.25) is 0 Å². The fourth-order valence-corrected chi connectivity index (χ4v) is 1.69. The highest BCUT2D eigenvalue weighted by Gasteiger charge is 2.36. The van der Waals surface area contributed by atoms with E-state index in [0.29, 0.717) is 11.5 Å². The van der Waals surface area contributed by atoms with Crippen molar-refractivity contribution in [3.8, 4) is 0 Å². The molecule has 2 N–H and O–H groups in total. The van der Waals surface area contributed by atoms with Gasteiger partial charge in [-0.2, -0.15) is 0 Å². The molecule has 0 aromatic carbocycles. The van der Waals surface area contributed by atoms with Crippen LogP contribution in [0.4, 0.5) is 0 Å². The standard InChI is InChI=1S/C10H20N2O/c1-10(2-3-10)8-11-6-9-7-13-5-4-12-9/h9,11-12H,2-8H2,1H3. The van der Waals surface area contributed by atoms with Gasteiger partial charge in [0.25, 0.3) is 0 Å². The van der Waals surface area contributed by atoms with Crippen LogP contribution in [0.1, 0.15) is 19.8 Å². The number of ether oxygens (including phenoxy) is 1. The molecule has 2 fully saturated rings. The molecule has 1 atom stereocenters. The summed E-state index contributed by atoms with van der Waals surface area (Å²) < 4.78 is 5.38. The molecule has 76 valence electrons. The van der Waals surface area contributed by atoms with Gasteiger partial charge < -0.3 is 15.4 Å². The number of hydrogen-bond donors (Lipinski definition) is 2. The molecular formula is C10H20N2O. The Balaban J connectivity index is 1.56. The van der Waals surface area contributed by atoms with Gasteiger partial charge in [-0.1, -0.05) is 6.92 Å². The largest absolute Gasteiger partial charge is 0.378 e. The fraction of sp³-hybridized carbons (Fsp3) is 1.00. The van der Waals surface area contributed by atoms with Crippen molar-refractivity contribution in [2.45, 2.75) is 25.8 Å². The molecule has 0 spiro atoms. The molecule has 0 radical (unpaired) electrons. The smallest absolute Gasteiger partial charge is 0.0632 e. The predicted molar refractivity (Wildman–Crippen MR) is 52.8 cm³/mol. The van der Waals surface area contributed by atoms with Crippen molar-refractivity contribution in [1.82, 2.24) is 10.6 Å². The molecule has 13 heavy (non-hydrogen) atoms. The summed E-state index contributed by atoms with van der Waals surface area (Å²) in [5, 5.41) is 6.95. The molecule has 3 heteroatoms. The molecule has 0 aromatic heterocycles. The van der Waals surface area contributed by atoms with Crippen LogP contribution in [0.5, 0.6) is 0 Å². The van der Waals surface area contributed by atoms with Gasteiger partial charge in [0.1, 0.15) is 0 Å². The second-order valence-corrected chi connectivity index (χ2v) is 4.67. The normalized spacial score (nSPS) is 31.6. The number of hydrogen-bond acceptors (Lipinski definition) is 3. The fourth-order valence-electron chi connectivity index (χ4n) is 1.69. The van der Waals surface area contributed by atoms with Crippen LogP contribution in [0.3, 0.4) is 0 Å². The van der Waals surface area contributed by atoms with E-state index in [1.165, 1.54) is 19.4 Å². The topological polar surface area (TPSA) is 33.3 Å². The molecule has 0 amide bonds. The van der Waals surface area contributed by atoms with E-state index in [1.807, 2.05) is 0 Å². The molecule has 0 bridgehead atoms. The average molecular weight is 184 g/mol. The third-order valence-electron chi connectivity index (χ3n) is 3.04. The summed E-state index contributed by atoms with van der Waals surface area (Å²) in [6.45, 7) is 7.31. The van der Waals surface area contributed by atoms with Crippen molar-refractivity contribution in [3.05, 3.63) is 0 Å². The predicted octanol–water partition coefficient (Wildman–Crippen LogP) is 0.364. The summed E-state index contributed by atoms with van der Waals surface area (Å²) in [4.78, 5) is 0. The molecule has 1 saturated carbocycles. The minimum Gasteiger partial charge on any atom is -0.378 e. The second kappa shape index (κ2) is 3.95. The van der Waals surface area contributed by atoms with Crippen LogP contribution in [0.15, 0.2) is 0 Å². The number of morpholine rings is 1. The Bertz CT molecular complexity index is 162. The molecule has 1 aliphatic carbocycles. The quantitative estimate of drug-likeness (QED) is 0.662. The molecule has 2 rings (SSSR count). The van der Waals surface area contributed by atoms with E-state index in [9.17, 15) is 0 Å². The summed E-state index contributed by atoms with van der Waals surface area (Å²) in [6.07, 6.45) is 2.79. The molecule has 1 saturated heterocycles. The minimum atomic E-state index is 0.524. The Kier molecular flexibility index (Phi) is 2.86. The van der Waals surface area contributed by atoms with Crippen LogP contribution >= 0.6 is 0 Å². The molecule has 3 nitrogen and oxygen atoms in total. The SMILES string of the molecule is CC1(CNCC2COCCN2)CC1. The summed E-state index contributed by atoms with van der Waals surface area (Å²) in [5.41, 5.74) is 0.621. The van der Waals surface area contributed by atoms with Crippen molar-refractivity contribution in [3.63, 3.8) is 0 Å². The molecule has 1 unspecified atom stereocenters. The third-order valence-corrected chi connectivity index (χ3v) is 3.04. The maximum absolute atomic E-state index is 5.38. The Hall–Kier alpha value is -0.120. The Labute approximate surface area is 80.2 Å². The first-order valence-electron chi connectivity index (χ1n) is 5.30. The number of nitrogens with one attached hydrogen (secondary N) is 2. The van der Waals surface area contributed by atoms with E-state index in [2.05, 4.69) is 17.6 Å². The zero-order valence-corrected chi connectivity index (χ0v) is 8.44. The van der Waals surface area contributed by atoms with Crippen LogP contribution in [0.25, 0.3) is 0 Å². The molecule has 2 aliphatic rings. The molecule has 1 heterocycles. The highest BCUT2D eigenvalue weighted by molar-refractivity contribution is 4.90. The van der Waals surface area contributed by atoms with Gasteiger partial charge >= 0.3 is 0 Å². The highest BCUT2D eigenvalue weighted by atomic mass is 16.5. The minimum absolute atomic E-state index is 0.524. The van der Waals surface area contributed by atoms with Gasteiger partial charge in [-0.15, -0.1) is 0 Å². The van der Waals surface area contributed by atoms with E-state index in [4.69, 9.17) is 4.74 Å². The van der Waals surface area contributed by atoms with Crippen LogP contribution in [-0.2, 0) is 4.74 Å². The zero-order chi connectivity index (χ0) is 9.15. The van der Waals surface area contributed by atoms with E-state index in [-0.39, 0.29) is 0 Å². The first-order chi connectivity index (χ1) is 6.29. The first kappa shape index (κ1) is 9.44. The Morgan fingerprint density at radius 1 is 1.54 bits per heavy atom. The van der Waals surface area contributed by atoms with Gasteiger partial charge in [0.15, 0.2) is 0 Å². The van der Waals surface area contributed by atoms with Crippen LogP contribution in [0, 0.1) is 5.41 Å². The van der Waals surface area contributed by atoms with Gasteiger partial charge in [0.05, 0.1) is 13.2 Å². The Morgan fingerprint density at radius 3 is 3.00 bits per heavy atom. The van der Waals surface area contributed by atoms with E-state index in [1.54, 1.807) is 0 Å². The maximum atomic E-state index is 5.38. The van der Waals surface area contributed by atoms with Crippen molar-refractivity contribution in [2.75, 3.05) is 32.8 Å². The van der Waals surface area contributed by atoms with Crippen molar-refractivity contribution in [2.24, 2.45) is 5.41 Å². The van der Waals surface area contributed by atoms with E-state index < -0.39 is 0 Å². The van der Waals surface area contributed by atoms with Crippen molar-refractivity contribution < 1.29 is 4.74 Å². The average Bonchev–Trinajstić information content (AvgIpc) is 2.86. The van der Waals surface area contributed by atoms with E-state index >= 15 is 0 Å². The summed E-state index contributed by atoms with van der Waals surface area (Å²) in [6, 6.07) is 0.524. The van der Waals surface area contributed by atoms with Gasteiger partial charge in [-0.25, -0.2) is 0 Å². The van der Waals surface area contributed by atoms with Crippen molar-refractivity contribution >= 4 is 0 Å². The lowest BCUT2D eigenvalue weighted by Crippen LogP contribution is -2.47. The highest BCUT2D eigenvalue weighted by Crippen LogP contribution is 2.43. The molecular weight excluding hydrogens is 164 g/mol. The monoisotopic (exact) mass is 184 g/mol. The Morgan fingerprint density at radius 2 is 2.38 bits per heavy atom. The van der Waals surface area contributed by atoms with Crippen LogP contribution < -0.4 is 10.6 Å². The van der Waals surface area contributed by atoms with Gasteiger partial charge in [-0.3, -0.25) is 0 Å². The summed E-state index contributed by atoms with van der Waals surface area (Å²) in [7, 11) is 0. The lowest BCUT2D eigenvalue weighted by atomic mass is 10.1. The summed E-state index contributed by atoms with van der Waals surface area (Å²) >= 11 is 0. The second-order valence-electron chi connectivity index (χ2n) is 4.67. The lowest BCUT2D eigenvalue weighted by Gasteiger charge is -2.24. The molecule has 1 aliphatic heterocycles.